The molecule has 0 aromatic heterocycles. The fourth-order valence-electron chi connectivity index (χ4n) is 0.972. The Morgan fingerprint density at radius 1 is 1.44 bits per heavy atom. The molecule has 0 heterocycles. The summed E-state index contributed by atoms with van der Waals surface area (Å²) in [4.78, 5) is 20.9. The van der Waals surface area contributed by atoms with E-state index in [2.05, 4.69) is 0 Å². The summed E-state index contributed by atoms with van der Waals surface area (Å²) in [6, 6.07) is 6.08. The number of carbonyl (C=O) groups is 2. The summed E-state index contributed by atoms with van der Waals surface area (Å²) in [6.45, 7) is 0. The Morgan fingerprint density at radius 3 is 2.56 bits per heavy atom. The number of nitrogens with one attached hydrogen (secondary N) is 1. The number of amides is 1. The van der Waals surface area contributed by atoms with E-state index in [1.807, 2.05) is 5.32 Å². The number of nitrogens with two attached hydrogens (primary N) is 1. The summed E-state index contributed by atoms with van der Waals surface area (Å²) >= 11 is 0. The Kier molecular flexibility index (Phi) is 5.53. The molecule has 0 saturated heterocycles. The van der Waals surface area contributed by atoms with Crippen molar-refractivity contribution in [2.75, 3.05) is 11.1 Å². The zero-order valence-electron chi connectivity index (χ0n) is 8.48. The standard InChI is InChI=1S/C9H7N3O3.Na/c10-4-5-6(11)2-1-3-7(5)12-8(13)9(14)15;/h1-3H,11H2,(H,12,13)(H,14,15);/q;+1/p-1. The predicted octanol–water partition coefficient (Wildman–Crippen LogP) is -4.17. The molecule has 0 bridgehead atoms. The number of anilines is 2. The number of aliphatic carboxylic acids is 1. The summed E-state index contributed by atoms with van der Waals surface area (Å²) in [7, 11) is 0. The van der Waals surface area contributed by atoms with E-state index >= 15 is 0 Å². The van der Waals surface area contributed by atoms with E-state index in [9.17, 15) is 14.7 Å². The molecule has 0 atom stereocenters. The Hall–Kier alpha value is -1.55. The van der Waals surface area contributed by atoms with Crippen LogP contribution in [0.5, 0.6) is 0 Å². The summed E-state index contributed by atoms with van der Waals surface area (Å²) in [5, 5.41) is 20.9. The van der Waals surface area contributed by atoms with Gasteiger partial charge in [-0.05, 0) is 12.1 Å². The third-order valence-corrected chi connectivity index (χ3v) is 1.64. The maximum Gasteiger partial charge on any atom is 1.00 e. The summed E-state index contributed by atoms with van der Waals surface area (Å²) in [5.41, 5.74) is 5.68. The van der Waals surface area contributed by atoms with Crippen LogP contribution in [0.15, 0.2) is 18.2 Å². The van der Waals surface area contributed by atoms with Crippen LogP contribution in [-0.4, -0.2) is 11.9 Å². The van der Waals surface area contributed by atoms with E-state index < -0.39 is 11.9 Å². The molecule has 7 heteroatoms. The SMILES string of the molecule is N#Cc1c(N)cccc1NC(=O)C(=O)[O-].[Na+]. The van der Waals surface area contributed by atoms with Crippen molar-refractivity contribution < 1.29 is 44.3 Å². The minimum absolute atomic E-state index is 0. The Balaban J connectivity index is 0.00000225. The fourth-order valence-corrected chi connectivity index (χ4v) is 0.972. The van der Waals surface area contributed by atoms with Gasteiger partial charge in [0.05, 0.1) is 16.9 Å². The van der Waals surface area contributed by atoms with Gasteiger partial charge in [-0.25, -0.2) is 0 Å². The van der Waals surface area contributed by atoms with E-state index in [0.29, 0.717) is 0 Å². The van der Waals surface area contributed by atoms with Gasteiger partial charge >= 0.3 is 29.6 Å². The molecule has 16 heavy (non-hydrogen) atoms. The Morgan fingerprint density at radius 2 is 2.06 bits per heavy atom. The molecule has 1 rings (SSSR count). The Labute approximate surface area is 113 Å². The van der Waals surface area contributed by atoms with Crippen LogP contribution in [0.2, 0.25) is 0 Å². The number of rotatable bonds is 1. The number of nitriles is 1. The van der Waals surface area contributed by atoms with Gasteiger partial charge < -0.3 is 21.0 Å². The second kappa shape index (κ2) is 6.12. The van der Waals surface area contributed by atoms with Gasteiger partial charge in [0.2, 0.25) is 0 Å². The number of benzene rings is 1. The van der Waals surface area contributed by atoms with Crippen molar-refractivity contribution in [2.45, 2.75) is 0 Å². The first kappa shape index (κ1) is 14.5. The molecule has 0 aliphatic rings. The van der Waals surface area contributed by atoms with Gasteiger partial charge in [-0.1, -0.05) is 6.07 Å². The van der Waals surface area contributed by atoms with E-state index in [0.717, 1.165) is 0 Å². The van der Waals surface area contributed by atoms with Crippen molar-refractivity contribution in [1.29, 1.82) is 5.26 Å². The van der Waals surface area contributed by atoms with Crippen molar-refractivity contribution in [3.63, 3.8) is 0 Å². The third kappa shape index (κ3) is 3.24. The average molecular weight is 227 g/mol. The minimum Gasteiger partial charge on any atom is -0.540 e. The normalized spacial score (nSPS) is 8.44. The molecule has 0 aliphatic heterocycles. The molecule has 0 spiro atoms. The fraction of sp³-hybridized carbons (Fsp3) is 0. The molecular weight excluding hydrogens is 221 g/mol. The van der Waals surface area contributed by atoms with Crippen LogP contribution >= 0.6 is 0 Å². The van der Waals surface area contributed by atoms with Gasteiger partial charge in [-0.3, -0.25) is 4.79 Å². The molecule has 1 aromatic rings. The summed E-state index contributed by atoms with van der Waals surface area (Å²) in [5.74, 6) is -3.20. The molecule has 0 aliphatic carbocycles. The van der Waals surface area contributed by atoms with Gasteiger partial charge in [-0.2, -0.15) is 5.26 Å². The minimum atomic E-state index is -1.87. The average Bonchev–Trinajstić information content (AvgIpc) is 2.18. The van der Waals surface area contributed by atoms with Crippen molar-refractivity contribution in [3.8, 4) is 6.07 Å². The summed E-state index contributed by atoms with van der Waals surface area (Å²) < 4.78 is 0. The van der Waals surface area contributed by atoms with E-state index in [1.165, 1.54) is 18.2 Å². The van der Waals surface area contributed by atoms with Crippen molar-refractivity contribution in [2.24, 2.45) is 0 Å². The number of carboxylic acid groups (broad SMARTS) is 1. The molecule has 0 fully saturated rings. The number of nitrogens with zero attached hydrogens (tertiary/aromatic N) is 1. The largest absolute Gasteiger partial charge is 1.00 e. The van der Waals surface area contributed by atoms with Crippen molar-refractivity contribution in [3.05, 3.63) is 23.8 Å². The first-order valence-corrected chi connectivity index (χ1v) is 3.87. The van der Waals surface area contributed by atoms with Crippen LogP contribution in [0.4, 0.5) is 11.4 Å². The molecule has 6 nitrogen and oxygen atoms in total. The molecule has 3 N–H and O–H groups in total. The predicted molar refractivity (Wildman–Crippen MR) is 49.2 cm³/mol. The first-order chi connectivity index (χ1) is 7.06. The topological polar surface area (TPSA) is 119 Å². The van der Waals surface area contributed by atoms with Crippen molar-refractivity contribution in [1.82, 2.24) is 0 Å². The smallest absolute Gasteiger partial charge is 0.540 e. The van der Waals surface area contributed by atoms with Crippen LogP contribution in [-0.2, 0) is 9.59 Å². The number of hydrogen-bond donors (Lipinski definition) is 2. The van der Waals surface area contributed by atoms with E-state index in [1.54, 1.807) is 6.07 Å². The van der Waals surface area contributed by atoms with E-state index in [4.69, 9.17) is 11.0 Å². The molecule has 0 unspecified atom stereocenters. The zero-order chi connectivity index (χ0) is 11.4. The maximum absolute atomic E-state index is 10.8. The zero-order valence-corrected chi connectivity index (χ0v) is 10.5. The molecule has 0 saturated carbocycles. The van der Waals surface area contributed by atoms with Gasteiger partial charge in [-0.15, -0.1) is 0 Å². The summed E-state index contributed by atoms with van der Waals surface area (Å²) in [6.07, 6.45) is 0. The van der Waals surface area contributed by atoms with Gasteiger partial charge in [0.15, 0.2) is 0 Å². The second-order valence-electron chi connectivity index (χ2n) is 2.62. The van der Waals surface area contributed by atoms with Gasteiger partial charge in [0.1, 0.15) is 12.0 Å². The van der Waals surface area contributed by atoms with E-state index in [-0.39, 0.29) is 46.5 Å². The molecule has 1 amide bonds. The maximum atomic E-state index is 10.8. The molecule has 1 aromatic carbocycles. The number of carbonyl (C=O) groups excluding carboxylic acids is 2. The van der Waals surface area contributed by atoms with Crippen LogP contribution in [0.1, 0.15) is 5.56 Å². The van der Waals surface area contributed by atoms with Crippen LogP contribution in [0.3, 0.4) is 0 Å². The first-order valence-electron chi connectivity index (χ1n) is 3.87. The van der Waals surface area contributed by atoms with Gasteiger partial charge in [0.25, 0.3) is 5.91 Å². The Bertz CT molecular complexity index is 468. The monoisotopic (exact) mass is 227 g/mol. The van der Waals surface area contributed by atoms with Crippen LogP contribution in [0.25, 0.3) is 0 Å². The number of nitrogen functional groups attached to an aromatic ring is 1. The molecule has 0 radical (unpaired) electrons. The van der Waals surface area contributed by atoms with Crippen LogP contribution < -0.4 is 45.7 Å². The quantitative estimate of drug-likeness (QED) is 0.286. The third-order valence-electron chi connectivity index (χ3n) is 1.64. The van der Waals surface area contributed by atoms with Crippen LogP contribution in [0, 0.1) is 11.3 Å². The number of carboxylic acids is 1. The second-order valence-corrected chi connectivity index (χ2v) is 2.62. The van der Waals surface area contributed by atoms with Crippen molar-refractivity contribution >= 4 is 23.3 Å². The molecule has 76 valence electrons. The molecular formula is C9H6N3NaO3. The number of hydrogen-bond acceptors (Lipinski definition) is 5. The van der Waals surface area contributed by atoms with Gasteiger partial charge in [0, 0.05) is 0 Å².